The van der Waals surface area contributed by atoms with Crippen LogP contribution in [0, 0.1) is 5.92 Å². The predicted octanol–water partition coefficient (Wildman–Crippen LogP) is 2.35. The van der Waals surface area contributed by atoms with E-state index in [1.165, 1.54) is 11.1 Å². The van der Waals surface area contributed by atoms with E-state index in [1.807, 2.05) is 0 Å². The van der Waals surface area contributed by atoms with Crippen molar-refractivity contribution in [3.8, 4) is 5.75 Å². The SMILES string of the molecule is CN(C)C(c1ccc2c(c1)CCCO2)C1CC(N)C1. The summed E-state index contributed by atoms with van der Waals surface area (Å²) in [5.74, 6) is 1.78. The van der Waals surface area contributed by atoms with E-state index in [9.17, 15) is 0 Å². The smallest absolute Gasteiger partial charge is 0.122 e. The first kappa shape index (κ1) is 12.9. The molecule has 2 aliphatic rings. The topological polar surface area (TPSA) is 38.5 Å². The fraction of sp³-hybridized carbons (Fsp3) is 0.625. The van der Waals surface area contributed by atoms with E-state index in [0.717, 1.165) is 38.0 Å². The van der Waals surface area contributed by atoms with Gasteiger partial charge in [-0.15, -0.1) is 0 Å². The van der Waals surface area contributed by atoms with Crippen molar-refractivity contribution in [2.75, 3.05) is 20.7 Å². The summed E-state index contributed by atoms with van der Waals surface area (Å²) in [6.07, 6.45) is 4.58. The van der Waals surface area contributed by atoms with Crippen LogP contribution in [0.3, 0.4) is 0 Å². The molecule has 1 unspecified atom stereocenters. The molecular formula is C16H24N2O. The highest BCUT2D eigenvalue weighted by Crippen LogP contribution is 2.41. The molecule has 2 N–H and O–H groups in total. The lowest BCUT2D eigenvalue weighted by Crippen LogP contribution is -2.43. The third-order valence-corrected chi connectivity index (χ3v) is 4.49. The van der Waals surface area contributed by atoms with Crippen LogP contribution in [0.25, 0.3) is 0 Å². The summed E-state index contributed by atoms with van der Waals surface area (Å²) in [7, 11) is 4.34. The molecule has 1 aliphatic heterocycles. The molecule has 3 nitrogen and oxygen atoms in total. The molecule has 0 bridgehead atoms. The molecule has 1 aromatic carbocycles. The molecule has 0 spiro atoms. The summed E-state index contributed by atoms with van der Waals surface area (Å²) >= 11 is 0. The Balaban J connectivity index is 1.86. The number of aryl methyl sites for hydroxylation is 1. The van der Waals surface area contributed by atoms with Crippen molar-refractivity contribution in [1.29, 1.82) is 0 Å². The van der Waals surface area contributed by atoms with E-state index >= 15 is 0 Å². The van der Waals surface area contributed by atoms with Crippen LogP contribution in [0.2, 0.25) is 0 Å². The lowest BCUT2D eigenvalue weighted by atomic mass is 9.73. The zero-order chi connectivity index (χ0) is 13.4. The lowest BCUT2D eigenvalue weighted by molar-refractivity contribution is 0.123. The first-order valence-electron chi connectivity index (χ1n) is 7.33. The molecule has 0 saturated heterocycles. The number of rotatable bonds is 3. The second kappa shape index (κ2) is 5.14. The molecule has 1 atom stereocenters. The Bertz CT molecular complexity index is 452. The third kappa shape index (κ3) is 2.49. The van der Waals surface area contributed by atoms with Crippen LogP contribution in [0.15, 0.2) is 18.2 Å². The minimum atomic E-state index is 0.411. The van der Waals surface area contributed by atoms with Crippen LogP contribution in [-0.2, 0) is 6.42 Å². The van der Waals surface area contributed by atoms with Gasteiger partial charge in [-0.3, -0.25) is 0 Å². The maximum absolute atomic E-state index is 5.96. The molecule has 1 heterocycles. The number of benzene rings is 1. The summed E-state index contributed by atoms with van der Waals surface area (Å²) in [5.41, 5.74) is 8.75. The van der Waals surface area contributed by atoms with Gasteiger partial charge in [0.25, 0.3) is 0 Å². The second-order valence-corrected chi connectivity index (χ2v) is 6.22. The van der Waals surface area contributed by atoms with E-state index in [-0.39, 0.29) is 0 Å². The van der Waals surface area contributed by atoms with Crippen LogP contribution >= 0.6 is 0 Å². The van der Waals surface area contributed by atoms with E-state index in [4.69, 9.17) is 10.5 Å². The zero-order valence-electron chi connectivity index (χ0n) is 11.9. The van der Waals surface area contributed by atoms with Gasteiger partial charge in [-0.25, -0.2) is 0 Å². The first-order chi connectivity index (χ1) is 9.15. The van der Waals surface area contributed by atoms with Gasteiger partial charge in [-0.1, -0.05) is 12.1 Å². The molecule has 3 rings (SSSR count). The molecular weight excluding hydrogens is 236 g/mol. The summed E-state index contributed by atoms with van der Waals surface area (Å²) in [4.78, 5) is 2.34. The van der Waals surface area contributed by atoms with E-state index in [1.54, 1.807) is 0 Å². The van der Waals surface area contributed by atoms with Crippen molar-refractivity contribution in [1.82, 2.24) is 4.90 Å². The van der Waals surface area contributed by atoms with Crippen molar-refractivity contribution in [2.24, 2.45) is 11.7 Å². The summed E-state index contributed by atoms with van der Waals surface area (Å²) in [6.45, 7) is 0.862. The molecule has 0 amide bonds. The average Bonchev–Trinajstić information content (AvgIpc) is 2.36. The van der Waals surface area contributed by atoms with Crippen molar-refractivity contribution in [2.45, 2.75) is 37.8 Å². The first-order valence-corrected chi connectivity index (χ1v) is 7.33. The van der Waals surface area contributed by atoms with Gasteiger partial charge >= 0.3 is 0 Å². The van der Waals surface area contributed by atoms with Gasteiger partial charge in [0.2, 0.25) is 0 Å². The number of hydrogen-bond donors (Lipinski definition) is 1. The second-order valence-electron chi connectivity index (χ2n) is 6.22. The fourth-order valence-corrected chi connectivity index (χ4v) is 3.52. The molecule has 3 heteroatoms. The Kier molecular flexibility index (Phi) is 3.50. The predicted molar refractivity (Wildman–Crippen MR) is 77.4 cm³/mol. The van der Waals surface area contributed by atoms with E-state index in [2.05, 4.69) is 37.2 Å². The van der Waals surface area contributed by atoms with Gasteiger partial charge in [0.1, 0.15) is 5.75 Å². The normalized spacial score (nSPS) is 27.4. The Morgan fingerprint density at radius 3 is 2.79 bits per heavy atom. The molecule has 104 valence electrons. The summed E-state index contributed by atoms with van der Waals surface area (Å²) in [6, 6.07) is 7.64. The maximum Gasteiger partial charge on any atom is 0.122 e. The quantitative estimate of drug-likeness (QED) is 0.906. The van der Waals surface area contributed by atoms with Crippen LogP contribution in [0.4, 0.5) is 0 Å². The van der Waals surface area contributed by atoms with Gasteiger partial charge in [0, 0.05) is 12.1 Å². The van der Waals surface area contributed by atoms with Crippen LogP contribution in [-0.4, -0.2) is 31.6 Å². The maximum atomic E-state index is 5.96. The number of hydrogen-bond acceptors (Lipinski definition) is 3. The van der Waals surface area contributed by atoms with Crippen LogP contribution in [0.1, 0.15) is 36.4 Å². The molecule has 1 aromatic rings. The van der Waals surface area contributed by atoms with Crippen molar-refractivity contribution in [3.05, 3.63) is 29.3 Å². The fourth-order valence-electron chi connectivity index (χ4n) is 3.52. The van der Waals surface area contributed by atoms with E-state index < -0.39 is 0 Å². The highest BCUT2D eigenvalue weighted by molar-refractivity contribution is 5.40. The Labute approximate surface area is 115 Å². The monoisotopic (exact) mass is 260 g/mol. The summed E-state index contributed by atoms with van der Waals surface area (Å²) < 4.78 is 5.70. The number of nitrogens with zero attached hydrogens (tertiary/aromatic N) is 1. The highest BCUT2D eigenvalue weighted by Gasteiger charge is 2.35. The number of ether oxygens (including phenoxy) is 1. The summed E-state index contributed by atoms with van der Waals surface area (Å²) in [5, 5.41) is 0. The molecule has 19 heavy (non-hydrogen) atoms. The van der Waals surface area contributed by atoms with Crippen LogP contribution in [0.5, 0.6) is 5.75 Å². The largest absolute Gasteiger partial charge is 0.493 e. The lowest BCUT2D eigenvalue weighted by Gasteiger charge is -2.42. The van der Waals surface area contributed by atoms with E-state index in [0.29, 0.717) is 18.0 Å². The average molecular weight is 260 g/mol. The van der Waals surface area contributed by atoms with Crippen molar-refractivity contribution in [3.63, 3.8) is 0 Å². The minimum Gasteiger partial charge on any atom is -0.493 e. The van der Waals surface area contributed by atoms with Gasteiger partial charge in [0.15, 0.2) is 0 Å². The minimum absolute atomic E-state index is 0.411. The molecule has 0 radical (unpaired) electrons. The van der Waals surface area contributed by atoms with Gasteiger partial charge in [-0.05, 0) is 62.9 Å². The molecule has 0 aromatic heterocycles. The van der Waals surface area contributed by atoms with Gasteiger partial charge in [0.05, 0.1) is 6.61 Å². The Morgan fingerprint density at radius 1 is 1.32 bits per heavy atom. The number of nitrogens with two attached hydrogens (primary N) is 1. The van der Waals surface area contributed by atoms with Gasteiger partial charge < -0.3 is 15.4 Å². The van der Waals surface area contributed by atoms with Crippen molar-refractivity contribution >= 4 is 0 Å². The highest BCUT2D eigenvalue weighted by atomic mass is 16.5. The Hall–Kier alpha value is -1.06. The van der Waals surface area contributed by atoms with Gasteiger partial charge in [-0.2, -0.15) is 0 Å². The molecule has 1 aliphatic carbocycles. The standard InChI is InChI=1S/C16H24N2O/c1-18(2)16(13-9-14(17)10-13)12-5-6-15-11(8-12)4-3-7-19-15/h5-6,8,13-14,16H,3-4,7,9-10,17H2,1-2H3. The molecule has 1 fully saturated rings. The Morgan fingerprint density at radius 2 is 2.11 bits per heavy atom. The number of fused-ring (bicyclic) bond motifs is 1. The van der Waals surface area contributed by atoms with Crippen LogP contribution < -0.4 is 10.5 Å². The molecule has 1 saturated carbocycles. The zero-order valence-corrected chi connectivity index (χ0v) is 11.9. The van der Waals surface area contributed by atoms with Crippen molar-refractivity contribution < 1.29 is 4.74 Å². The third-order valence-electron chi connectivity index (χ3n) is 4.49.